The highest BCUT2D eigenvalue weighted by atomic mass is 32.1. The van der Waals surface area contributed by atoms with Crippen LogP contribution in [0.2, 0.25) is 0 Å². The first-order chi connectivity index (χ1) is 9.88. The second-order valence-electron chi connectivity index (χ2n) is 6.09. The summed E-state index contributed by atoms with van der Waals surface area (Å²) in [7, 11) is 0. The Kier molecular flexibility index (Phi) is 5.05. The normalized spacial score (nSPS) is 22.6. The van der Waals surface area contributed by atoms with E-state index in [0.29, 0.717) is 35.4 Å². The molecule has 4 N–H and O–H groups in total. The number of aromatic nitrogens is 1. The number of aliphatic hydroxyl groups is 1. The molecular formula is C14H24N4O2S. The number of piperidine rings is 1. The summed E-state index contributed by atoms with van der Waals surface area (Å²) in [5, 5.41) is 13.6. The molecule has 0 saturated carbocycles. The summed E-state index contributed by atoms with van der Waals surface area (Å²) in [6, 6.07) is 0. The number of aliphatic hydroxyl groups excluding tert-OH is 1. The number of hydrogen-bond donors (Lipinski definition) is 3. The molecule has 2 atom stereocenters. The maximum absolute atomic E-state index is 12.5. The first-order valence-corrected chi connectivity index (χ1v) is 8.17. The van der Waals surface area contributed by atoms with E-state index < -0.39 is 0 Å². The third-order valence-corrected chi connectivity index (χ3v) is 4.67. The second kappa shape index (κ2) is 6.62. The van der Waals surface area contributed by atoms with Gasteiger partial charge in [-0.3, -0.25) is 4.79 Å². The zero-order valence-electron chi connectivity index (χ0n) is 12.8. The summed E-state index contributed by atoms with van der Waals surface area (Å²) in [6.45, 7) is 8.10. The zero-order valence-corrected chi connectivity index (χ0v) is 13.6. The van der Waals surface area contributed by atoms with Crippen molar-refractivity contribution in [2.24, 2.45) is 11.8 Å². The van der Waals surface area contributed by atoms with E-state index in [-0.39, 0.29) is 23.7 Å². The van der Waals surface area contributed by atoms with Gasteiger partial charge in [-0.05, 0) is 18.3 Å². The molecule has 1 fully saturated rings. The van der Waals surface area contributed by atoms with Crippen molar-refractivity contribution in [2.75, 3.05) is 30.7 Å². The van der Waals surface area contributed by atoms with E-state index >= 15 is 0 Å². The predicted octanol–water partition coefficient (Wildman–Crippen LogP) is 1.64. The van der Waals surface area contributed by atoms with Crippen molar-refractivity contribution >= 4 is 28.2 Å². The summed E-state index contributed by atoms with van der Waals surface area (Å²) in [6.07, 6.45) is 0.292. The van der Waals surface area contributed by atoms with Crippen molar-refractivity contribution < 1.29 is 9.90 Å². The molecule has 0 spiro atoms. The molecule has 2 unspecified atom stereocenters. The van der Waals surface area contributed by atoms with Gasteiger partial charge in [0.25, 0.3) is 5.91 Å². The van der Waals surface area contributed by atoms with E-state index in [1.54, 1.807) is 4.90 Å². The van der Waals surface area contributed by atoms with E-state index in [4.69, 9.17) is 5.73 Å². The molecule has 0 aliphatic carbocycles. The van der Waals surface area contributed by atoms with Crippen LogP contribution in [0.25, 0.3) is 0 Å². The second-order valence-corrected chi connectivity index (χ2v) is 7.09. The maximum Gasteiger partial charge on any atom is 0.267 e. The van der Waals surface area contributed by atoms with Crippen molar-refractivity contribution in [3.8, 4) is 0 Å². The minimum Gasteiger partial charge on any atom is -0.393 e. The van der Waals surface area contributed by atoms with Crippen LogP contribution in [-0.2, 0) is 0 Å². The number of nitrogens with two attached hydrogens (primary N) is 1. The number of carbonyl (C=O) groups is 1. The van der Waals surface area contributed by atoms with Crippen LogP contribution in [0.3, 0.4) is 0 Å². The van der Waals surface area contributed by atoms with Crippen LogP contribution in [0.15, 0.2) is 0 Å². The largest absolute Gasteiger partial charge is 0.393 e. The first kappa shape index (κ1) is 16.0. The monoisotopic (exact) mass is 312 g/mol. The zero-order chi connectivity index (χ0) is 15.6. The Bertz CT molecular complexity index is 503. The van der Waals surface area contributed by atoms with Crippen molar-refractivity contribution in [3.05, 3.63) is 4.88 Å². The number of nitrogens with zero attached hydrogens (tertiary/aromatic N) is 2. The summed E-state index contributed by atoms with van der Waals surface area (Å²) in [4.78, 5) is 19.0. The number of likely N-dealkylation sites (tertiary alicyclic amines) is 1. The fourth-order valence-electron chi connectivity index (χ4n) is 2.31. The predicted molar refractivity (Wildman–Crippen MR) is 85.5 cm³/mol. The standard InChI is InChI=1S/C14H24N4O2S/c1-8(2)6-16-14-17-12(15)11(21-14)13(20)18-5-4-10(19)9(3)7-18/h8-10,19H,4-7,15H2,1-3H3,(H,16,17). The van der Waals surface area contributed by atoms with E-state index in [1.165, 1.54) is 11.3 Å². The lowest BCUT2D eigenvalue weighted by molar-refractivity contribution is 0.0301. The SMILES string of the molecule is CC(C)CNc1nc(N)c(C(=O)N2CCC(O)C(C)C2)s1. The Morgan fingerprint density at radius 2 is 2.33 bits per heavy atom. The van der Waals surface area contributed by atoms with Crippen molar-refractivity contribution in [1.29, 1.82) is 0 Å². The van der Waals surface area contributed by atoms with Gasteiger partial charge in [0.2, 0.25) is 0 Å². The molecule has 0 radical (unpaired) electrons. The van der Waals surface area contributed by atoms with E-state index in [0.717, 1.165) is 6.54 Å². The van der Waals surface area contributed by atoms with Gasteiger partial charge in [0.1, 0.15) is 10.7 Å². The van der Waals surface area contributed by atoms with Crippen LogP contribution < -0.4 is 11.1 Å². The highest BCUT2D eigenvalue weighted by molar-refractivity contribution is 7.18. The molecule has 1 aromatic rings. The fourth-order valence-corrected chi connectivity index (χ4v) is 3.17. The molecule has 6 nitrogen and oxygen atoms in total. The number of rotatable bonds is 4. The van der Waals surface area contributed by atoms with Gasteiger partial charge in [-0.25, -0.2) is 4.98 Å². The summed E-state index contributed by atoms with van der Waals surface area (Å²) < 4.78 is 0. The first-order valence-electron chi connectivity index (χ1n) is 7.36. The lowest BCUT2D eigenvalue weighted by atomic mass is 9.97. The Hall–Kier alpha value is -1.34. The Morgan fingerprint density at radius 1 is 1.62 bits per heavy atom. The van der Waals surface area contributed by atoms with Gasteiger partial charge in [-0.1, -0.05) is 32.1 Å². The number of anilines is 2. The van der Waals surface area contributed by atoms with E-state index in [2.05, 4.69) is 24.1 Å². The highest BCUT2D eigenvalue weighted by Crippen LogP contribution is 2.28. The average molecular weight is 312 g/mol. The summed E-state index contributed by atoms with van der Waals surface area (Å²) in [5.74, 6) is 0.797. The average Bonchev–Trinajstić information content (AvgIpc) is 2.80. The van der Waals surface area contributed by atoms with Crippen LogP contribution in [0.5, 0.6) is 0 Å². The molecular weight excluding hydrogens is 288 g/mol. The number of amides is 1. The highest BCUT2D eigenvalue weighted by Gasteiger charge is 2.30. The number of nitrogens with one attached hydrogen (secondary N) is 1. The van der Waals surface area contributed by atoms with Crippen molar-refractivity contribution in [2.45, 2.75) is 33.3 Å². The molecule has 0 bridgehead atoms. The minimum absolute atomic E-state index is 0.0821. The van der Waals surface area contributed by atoms with Crippen molar-refractivity contribution in [3.63, 3.8) is 0 Å². The number of nitrogen functional groups attached to an aromatic ring is 1. The summed E-state index contributed by atoms with van der Waals surface area (Å²) in [5.41, 5.74) is 5.88. The molecule has 2 rings (SSSR count). The Morgan fingerprint density at radius 3 is 2.95 bits per heavy atom. The Labute approximate surface area is 129 Å². The minimum atomic E-state index is -0.323. The lowest BCUT2D eigenvalue weighted by Gasteiger charge is -2.34. The third kappa shape index (κ3) is 3.85. The van der Waals surface area contributed by atoms with Gasteiger partial charge in [0.15, 0.2) is 5.13 Å². The molecule has 1 amide bonds. The smallest absolute Gasteiger partial charge is 0.267 e. The van der Waals surface area contributed by atoms with E-state index in [9.17, 15) is 9.90 Å². The third-order valence-electron chi connectivity index (χ3n) is 3.66. The lowest BCUT2D eigenvalue weighted by Crippen LogP contribution is -2.44. The van der Waals surface area contributed by atoms with Crippen LogP contribution in [0, 0.1) is 11.8 Å². The molecule has 21 heavy (non-hydrogen) atoms. The van der Waals surface area contributed by atoms with Crippen molar-refractivity contribution in [1.82, 2.24) is 9.88 Å². The molecule has 7 heteroatoms. The summed E-state index contributed by atoms with van der Waals surface area (Å²) >= 11 is 1.30. The molecule has 118 valence electrons. The number of carbonyl (C=O) groups excluding carboxylic acids is 1. The van der Waals surface area contributed by atoms with Gasteiger partial charge in [0, 0.05) is 19.6 Å². The molecule has 1 saturated heterocycles. The van der Waals surface area contributed by atoms with E-state index in [1.807, 2.05) is 6.92 Å². The van der Waals surface area contributed by atoms with Crippen LogP contribution in [0.4, 0.5) is 10.9 Å². The quantitative estimate of drug-likeness (QED) is 0.786. The molecule has 1 aliphatic heterocycles. The molecule has 2 heterocycles. The maximum atomic E-state index is 12.5. The van der Waals surface area contributed by atoms with Gasteiger partial charge in [-0.15, -0.1) is 0 Å². The molecule has 0 aromatic carbocycles. The van der Waals surface area contributed by atoms with Crippen LogP contribution >= 0.6 is 11.3 Å². The Balaban J connectivity index is 2.05. The fraction of sp³-hybridized carbons (Fsp3) is 0.714. The number of hydrogen-bond acceptors (Lipinski definition) is 6. The van der Waals surface area contributed by atoms with Gasteiger partial charge < -0.3 is 21.1 Å². The molecule has 1 aliphatic rings. The number of thiazole rings is 1. The topological polar surface area (TPSA) is 91.5 Å². The van der Waals surface area contributed by atoms with Gasteiger partial charge >= 0.3 is 0 Å². The van der Waals surface area contributed by atoms with Gasteiger partial charge in [0.05, 0.1) is 6.10 Å². The van der Waals surface area contributed by atoms with Crippen LogP contribution in [0.1, 0.15) is 36.9 Å². The van der Waals surface area contributed by atoms with Crippen LogP contribution in [-0.4, -0.2) is 46.6 Å². The van der Waals surface area contributed by atoms with Gasteiger partial charge in [-0.2, -0.15) is 0 Å². The molecule has 1 aromatic heterocycles.